The molecule has 0 aromatic heterocycles. The number of carbonyl (C=O) groups is 2. The van der Waals surface area contributed by atoms with Crippen LogP contribution in [0.2, 0.25) is 0 Å². The van der Waals surface area contributed by atoms with Gasteiger partial charge in [0.2, 0.25) is 0 Å². The van der Waals surface area contributed by atoms with Crippen molar-refractivity contribution in [2.75, 3.05) is 19.8 Å². The molecule has 0 amide bonds. The molecule has 0 spiro atoms. The summed E-state index contributed by atoms with van der Waals surface area (Å²) in [4.78, 5) is 25.9. The summed E-state index contributed by atoms with van der Waals surface area (Å²) in [5, 5.41) is 21.4. The number of ether oxygens (including phenoxy) is 4. The lowest BCUT2D eigenvalue weighted by molar-refractivity contribution is -0.178. The Labute approximate surface area is 270 Å². The molecule has 8 heteroatoms. The maximum Gasteiger partial charge on any atom is 0.309 e. The second-order valence-corrected chi connectivity index (χ2v) is 18.6. The number of hydrogen-bond acceptors (Lipinski definition) is 8. The first-order valence-electron chi connectivity index (χ1n) is 16.4. The first kappa shape index (κ1) is 42.8. The molecule has 0 aromatic carbocycles. The fourth-order valence-corrected chi connectivity index (χ4v) is 5.21. The van der Waals surface area contributed by atoms with Crippen LogP contribution >= 0.6 is 0 Å². The largest absolute Gasteiger partial charge is 0.463 e. The lowest BCUT2D eigenvalue weighted by Gasteiger charge is -2.37. The third-order valence-corrected chi connectivity index (χ3v) is 7.85. The van der Waals surface area contributed by atoms with Gasteiger partial charge in [0.25, 0.3) is 0 Å². The van der Waals surface area contributed by atoms with Crippen LogP contribution in [0.1, 0.15) is 137 Å². The van der Waals surface area contributed by atoms with Gasteiger partial charge in [-0.1, -0.05) is 83.1 Å². The molecule has 0 aromatic rings. The van der Waals surface area contributed by atoms with Gasteiger partial charge >= 0.3 is 11.9 Å². The van der Waals surface area contributed by atoms with Crippen LogP contribution in [-0.2, 0) is 28.5 Å². The topological polar surface area (TPSA) is 112 Å². The van der Waals surface area contributed by atoms with Gasteiger partial charge in [-0.2, -0.15) is 0 Å². The summed E-state index contributed by atoms with van der Waals surface area (Å²) >= 11 is 0. The fourth-order valence-electron chi connectivity index (χ4n) is 5.21. The van der Waals surface area contributed by atoms with Crippen LogP contribution in [0.15, 0.2) is 0 Å². The maximum atomic E-state index is 13.0. The highest BCUT2D eigenvalue weighted by atomic mass is 16.6. The van der Waals surface area contributed by atoms with Crippen LogP contribution in [-0.4, -0.2) is 71.5 Å². The van der Waals surface area contributed by atoms with Crippen LogP contribution in [0.25, 0.3) is 0 Å². The fraction of sp³-hybridized carbons (Fsp3) is 0.944. The molecule has 2 N–H and O–H groups in total. The molecule has 0 radical (unpaired) electrons. The van der Waals surface area contributed by atoms with Crippen molar-refractivity contribution in [2.24, 2.45) is 33.5 Å². The van der Waals surface area contributed by atoms with Gasteiger partial charge in [0.1, 0.15) is 25.4 Å². The van der Waals surface area contributed by atoms with Crippen molar-refractivity contribution >= 4 is 11.9 Å². The lowest BCUT2D eigenvalue weighted by atomic mass is 9.72. The smallest absolute Gasteiger partial charge is 0.309 e. The van der Waals surface area contributed by atoms with Crippen LogP contribution in [0, 0.1) is 33.5 Å². The molecule has 5 atom stereocenters. The first-order chi connectivity index (χ1) is 19.4. The van der Waals surface area contributed by atoms with Crippen molar-refractivity contribution in [1.82, 2.24) is 0 Å². The van der Waals surface area contributed by atoms with E-state index < -0.39 is 23.4 Å². The summed E-state index contributed by atoms with van der Waals surface area (Å²) in [5.74, 6) is -1.19. The van der Waals surface area contributed by atoms with Gasteiger partial charge in [-0.3, -0.25) is 9.59 Å². The van der Waals surface area contributed by atoms with Gasteiger partial charge in [0, 0.05) is 6.42 Å². The highest BCUT2D eigenvalue weighted by Crippen LogP contribution is 2.38. The normalized spacial score (nSPS) is 17.4. The van der Waals surface area contributed by atoms with Gasteiger partial charge in [-0.25, -0.2) is 0 Å². The second kappa shape index (κ2) is 16.1. The van der Waals surface area contributed by atoms with Gasteiger partial charge in [0.15, 0.2) is 0 Å². The molecule has 0 bridgehead atoms. The van der Waals surface area contributed by atoms with Crippen LogP contribution < -0.4 is 0 Å². The Morgan fingerprint density at radius 2 is 0.977 bits per heavy atom. The van der Waals surface area contributed by atoms with Gasteiger partial charge in [-0.15, -0.1) is 0 Å². The Balaban J connectivity index is 4.96. The third kappa shape index (κ3) is 17.5. The van der Waals surface area contributed by atoms with Crippen molar-refractivity contribution in [3.63, 3.8) is 0 Å². The van der Waals surface area contributed by atoms with Crippen molar-refractivity contribution in [2.45, 2.75) is 166 Å². The number of carbonyl (C=O) groups excluding carboxylic acids is 2. The average molecular weight is 631 g/mol. The lowest BCUT2D eigenvalue weighted by Crippen LogP contribution is -2.46. The standard InChI is InChI=1S/C36H70O8/c1-24(44-36(16,17)28(38)23-42-30(40)27(34(11,12)13)20-32(5,6)7)18-35(14,15)43-22-25(37)21-41-29(39)26(33(8,9)10)19-31(2,3)4/h24-28,37-38H,18-23H2,1-17H3. The molecular weight excluding hydrogens is 560 g/mol. The molecule has 0 heterocycles. The van der Waals surface area contributed by atoms with Crippen LogP contribution in [0.4, 0.5) is 0 Å². The molecule has 0 rings (SSSR count). The van der Waals surface area contributed by atoms with E-state index in [9.17, 15) is 19.8 Å². The Bertz CT molecular complexity index is 880. The van der Waals surface area contributed by atoms with Gasteiger partial charge in [-0.05, 0) is 69.1 Å². The van der Waals surface area contributed by atoms with E-state index in [1.807, 2.05) is 62.3 Å². The molecule has 0 fully saturated rings. The van der Waals surface area contributed by atoms with Gasteiger partial charge in [0.05, 0.1) is 35.7 Å². The molecule has 8 nitrogen and oxygen atoms in total. The molecule has 0 saturated carbocycles. The van der Waals surface area contributed by atoms with Crippen molar-refractivity contribution < 1.29 is 38.7 Å². The number of esters is 2. The second-order valence-electron chi connectivity index (χ2n) is 18.6. The minimum absolute atomic E-state index is 0.00205. The highest BCUT2D eigenvalue weighted by molar-refractivity contribution is 5.73. The summed E-state index contributed by atoms with van der Waals surface area (Å²) in [6, 6.07) is 0. The van der Waals surface area contributed by atoms with E-state index in [1.165, 1.54) is 0 Å². The summed E-state index contributed by atoms with van der Waals surface area (Å²) in [5.41, 5.74) is -2.24. The van der Waals surface area contributed by atoms with Crippen molar-refractivity contribution in [3.8, 4) is 0 Å². The molecule has 0 aliphatic rings. The predicted molar refractivity (Wildman–Crippen MR) is 177 cm³/mol. The van der Waals surface area contributed by atoms with Crippen molar-refractivity contribution in [1.29, 1.82) is 0 Å². The molecular formula is C36H70O8. The highest BCUT2D eigenvalue weighted by Gasteiger charge is 2.39. The Morgan fingerprint density at radius 1 is 0.591 bits per heavy atom. The Hall–Kier alpha value is -1.22. The SMILES string of the molecule is CC(CC(C)(C)OCC(O)COC(=O)C(CC(C)(C)C)C(C)(C)C)OC(C)(C)C(O)COC(=O)C(CC(C)(C)C)C(C)(C)C. The summed E-state index contributed by atoms with van der Waals surface area (Å²) < 4.78 is 23.3. The zero-order chi connectivity index (χ0) is 35.1. The predicted octanol–water partition coefficient (Wildman–Crippen LogP) is 7.36. The molecule has 0 saturated heterocycles. The molecule has 44 heavy (non-hydrogen) atoms. The third-order valence-electron chi connectivity index (χ3n) is 7.85. The quantitative estimate of drug-likeness (QED) is 0.170. The van der Waals surface area contributed by atoms with E-state index in [1.54, 1.807) is 13.8 Å². The van der Waals surface area contributed by atoms with E-state index in [2.05, 4.69) is 41.5 Å². The first-order valence-corrected chi connectivity index (χ1v) is 16.4. The maximum absolute atomic E-state index is 13.0. The van der Waals surface area contributed by atoms with E-state index in [4.69, 9.17) is 18.9 Å². The van der Waals surface area contributed by atoms with E-state index in [-0.39, 0.29) is 71.4 Å². The average Bonchev–Trinajstić information content (AvgIpc) is 2.78. The monoisotopic (exact) mass is 631 g/mol. The Morgan fingerprint density at radius 3 is 1.34 bits per heavy atom. The van der Waals surface area contributed by atoms with Crippen LogP contribution in [0.5, 0.6) is 0 Å². The summed E-state index contributed by atoms with van der Waals surface area (Å²) in [6.45, 7) is 33.7. The van der Waals surface area contributed by atoms with E-state index >= 15 is 0 Å². The number of aliphatic hydroxyl groups is 2. The summed E-state index contributed by atoms with van der Waals surface area (Å²) in [7, 11) is 0. The minimum atomic E-state index is -1.03. The number of aliphatic hydroxyl groups excluding tert-OH is 2. The van der Waals surface area contributed by atoms with E-state index in [0.29, 0.717) is 19.3 Å². The van der Waals surface area contributed by atoms with Crippen LogP contribution in [0.3, 0.4) is 0 Å². The molecule has 262 valence electrons. The molecule has 5 unspecified atom stereocenters. The van der Waals surface area contributed by atoms with E-state index in [0.717, 1.165) is 0 Å². The number of hydrogen-bond donors (Lipinski definition) is 2. The minimum Gasteiger partial charge on any atom is -0.463 e. The number of rotatable bonds is 16. The Kier molecular flexibility index (Phi) is 15.6. The zero-order valence-corrected chi connectivity index (χ0v) is 31.5. The van der Waals surface area contributed by atoms with Crippen molar-refractivity contribution in [3.05, 3.63) is 0 Å². The van der Waals surface area contributed by atoms with Gasteiger partial charge < -0.3 is 29.2 Å². The zero-order valence-electron chi connectivity index (χ0n) is 31.5. The molecule has 0 aliphatic carbocycles. The summed E-state index contributed by atoms with van der Waals surface area (Å²) in [6.07, 6.45) is -0.454. The molecule has 0 aliphatic heterocycles.